The number of nitrogens with two attached hydrogens (primary N) is 1. The predicted octanol–water partition coefficient (Wildman–Crippen LogP) is 1.36. The molecule has 92 valence electrons. The van der Waals surface area contributed by atoms with Crippen LogP contribution in [-0.4, -0.2) is 31.2 Å². The van der Waals surface area contributed by atoms with E-state index in [0.29, 0.717) is 0 Å². The minimum absolute atomic E-state index is 0.133. The van der Waals surface area contributed by atoms with Gasteiger partial charge in [0.25, 0.3) is 0 Å². The molecule has 3 N–H and O–H groups in total. The third-order valence-electron chi connectivity index (χ3n) is 4.02. The van der Waals surface area contributed by atoms with E-state index in [1.807, 2.05) is 0 Å². The summed E-state index contributed by atoms with van der Waals surface area (Å²) in [7, 11) is 2.21. The van der Waals surface area contributed by atoms with Crippen LogP contribution in [0.15, 0.2) is 12.1 Å². The van der Waals surface area contributed by atoms with E-state index >= 15 is 0 Å². The van der Waals surface area contributed by atoms with Crippen molar-refractivity contribution >= 4 is 5.69 Å². The maximum Gasteiger partial charge on any atom is 0.0746 e. The summed E-state index contributed by atoms with van der Waals surface area (Å²) in [5.41, 5.74) is 11.7. The lowest BCUT2D eigenvalue weighted by molar-refractivity contribution is 0.352. The van der Waals surface area contributed by atoms with Gasteiger partial charge in [-0.3, -0.25) is 0 Å². The molecular formula is C14H21N3. The Balaban J connectivity index is 1.95. The zero-order valence-electron chi connectivity index (χ0n) is 10.5. The summed E-state index contributed by atoms with van der Waals surface area (Å²) in [4.78, 5) is 2.41. The van der Waals surface area contributed by atoms with Gasteiger partial charge in [-0.2, -0.15) is 0 Å². The molecule has 0 saturated carbocycles. The molecule has 3 rings (SSSR count). The highest BCUT2D eigenvalue weighted by Gasteiger charge is 2.18. The van der Waals surface area contributed by atoms with Gasteiger partial charge in [-0.15, -0.1) is 0 Å². The molecule has 0 radical (unpaired) electrons. The monoisotopic (exact) mass is 231 g/mol. The number of anilines is 1. The highest BCUT2D eigenvalue weighted by Crippen LogP contribution is 2.29. The van der Waals surface area contributed by atoms with Crippen molar-refractivity contribution in [1.29, 1.82) is 0 Å². The van der Waals surface area contributed by atoms with Crippen LogP contribution in [0.2, 0.25) is 0 Å². The van der Waals surface area contributed by atoms with Crippen LogP contribution in [0.5, 0.6) is 0 Å². The zero-order chi connectivity index (χ0) is 11.8. The lowest BCUT2D eigenvalue weighted by atomic mass is 9.93. The minimum Gasteiger partial charge on any atom is -0.370 e. The van der Waals surface area contributed by atoms with Crippen LogP contribution < -0.4 is 11.1 Å². The number of hydrogen-bond acceptors (Lipinski definition) is 3. The van der Waals surface area contributed by atoms with Gasteiger partial charge in [0, 0.05) is 18.8 Å². The SMILES string of the molecule is CN1CCc2cc3c(cc2CC1)NC(N)CC3. The number of nitrogens with one attached hydrogen (secondary N) is 1. The van der Waals surface area contributed by atoms with E-state index in [-0.39, 0.29) is 6.17 Å². The maximum atomic E-state index is 5.96. The number of rotatable bonds is 0. The predicted molar refractivity (Wildman–Crippen MR) is 71.3 cm³/mol. The molecule has 1 unspecified atom stereocenters. The van der Waals surface area contributed by atoms with Crippen LogP contribution >= 0.6 is 0 Å². The topological polar surface area (TPSA) is 41.3 Å². The molecular weight excluding hydrogens is 210 g/mol. The quantitative estimate of drug-likeness (QED) is 0.708. The van der Waals surface area contributed by atoms with Crippen molar-refractivity contribution in [3.05, 3.63) is 28.8 Å². The van der Waals surface area contributed by atoms with Gasteiger partial charge in [-0.25, -0.2) is 0 Å². The van der Waals surface area contributed by atoms with E-state index in [4.69, 9.17) is 5.73 Å². The largest absolute Gasteiger partial charge is 0.370 e. The van der Waals surface area contributed by atoms with Crippen molar-refractivity contribution in [1.82, 2.24) is 4.90 Å². The Morgan fingerprint density at radius 3 is 2.59 bits per heavy atom. The van der Waals surface area contributed by atoms with Crippen LogP contribution in [0, 0.1) is 0 Å². The zero-order valence-corrected chi connectivity index (χ0v) is 10.5. The number of aryl methyl sites for hydroxylation is 1. The van der Waals surface area contributed by atoms with Gasteiger partial charge in [0.05, 0.1) is 6.17 Å². The van der Waals surface area contributed by atoms with Crippen molar-refractivity contribution in [2.45, 2.75) is 31.8 Å². The minimum atomic E-state index is 0.133. The Morgan fingerprint density at radius 2 is 1.82 bits per heavy atom. The third-order valence-corrected chi connectivity index (χ3v) is 4.02. The number of hydrogen-bond donors (Lipinski definition) is 2. The normalized spacial score (nSPS) is 24.5. The van der Waals surface area contributed by atoms with Crippen LogP contribution in [0.4, 0.5) is 5.69 Å². The molecule has 0 bridgehead atoms. The highest BCUT2D eigenvalue weighted by atomic mass is 15.1. The fourth-order valence-electron chi connectivity index (χ4n) is 2.86. The summed E-state index contributed by atoms with van der Waals surface area (Å²) >= 11 is 0. The molecule has 0 aliphatic carbocycles. The molecule has 0 aromatic heterocycles. The summed E-state index contributed by atoms with van der Waals surface area (Å²) in [6.07, 6.45) is 4.65. The van der Waals surface area contributed by atoms with Crippen LogP contribution in [-0.2, 0) is 19.3 Å². The van der Waals surface area contributed by atoms with E-state index in [9.17, 15) is 0 Å². The lowest BCUT2D eigenvalue weighted by Crippen LogP contribution is -2.33. The van der Waals surface area contributed by atoms with E-state index in [0.717, 1.165) is 25.8 Å². The second kappa shape index (κ2) is 4.31. The first kappa shape index (κ1) is 11.1. The first-order valence-electron chi connectivity index (χ1n) is 6.58. The number of benzene rings is 1. The molecule has 0 fully saturated rings. The molecule has 1 atom stereocenters. The van der Waals surface area contributed by atoms with Crippen LogP contribution in [0.1, 0.15) is 23.1 Å². The Kier molecular flexibility index (Phi) is 2.81. The fourth-order valence-corrected chi connectivity index (χ4v) is 2.86. The lowest BCUT2D eigenvalue weighted by Gasteiger charge is -2.25. The standard InChI is InChI=1S/C14H21N3/c1-17-6-4-10-8-12-2-3-14(15)16-13(12)9-11(10)5-7-17/h8-9,14,16H,2-7,15H2,1H3. The molecule has 0 spiro atoms. The maximum absolute atomic E-state index is 5.96. The van der Waals surface area contributed by atoms with E-state index in [1.54, 1.807) is 5.56 Å². The smallest absolute Gasteiger partial charge is 0.0746 e. The average molecular weight is 231 g/mol. The Bertz CT molecular complexity index is 428. The van der Waals surface area contributed by atoms with Gasteiger partial charge >= 0.3 is 0 Å². The highest BCUT2D eigenvalue weighted by molar-refractivity contribution is 5.58. The molecule has 2 heterocycles. The Hall–Kier alpha value is -1.06. The van der Waals surface area contributed by atoms with Gasteiger partial charge < -0.3 is 16.0 Å². The molecule has 0 saturated heterocycles. The van der Waals surface area contributed by atoms with Gasteiger partial charge in [0.1, 0.15) is 0 Å². The van der Waals surface area contributed by atoms with Crippen molar-refractivity contribution < 1.29 is 0 Å². The van der Waals surface area contributed by atoms with Crippen molar-refractivity contribution in [3.63, 3.8) is 0 Å². The van der Waals surface area contributed by atoms with Crippen molar-refractivity contribution in [2.75, 3.05) is 25.5 Å². The number of nitrogens with zero attached hydrogens (tertiary/aromatic N) is 1. The second-order valence-corrected chi connectivity index (χ2v) is 5.37. The Labute approximate surface area is 103 Å². The molecule has 1 aromatic rings. The van der Waals surface area contributed by atoms with Gasteiger partial charge in [-0.1, -0.05) is 6.07 Å². The summed E-state index contributed by atoms with van der Waals surface area (Å²) < 4.78 is 0. The van der Waals surface area contributed by atoms with Crippen molar-refractivity contribution in [2.24, 2.45) is 5.73 Å². The molecule has 3 heteroatoms. The van der Waals surface area contributed by atoms with E-state index in [1.165, 1.54) is 29.8 Å². The summed E-state index contributed by atoms with van der Waals surface area (Å²) in [6, 6.07) is 4.74. The summed E-state index contributed by atoms with van der Waals surface area (Å²) in [5.74, 6) is 0. The molecule has 1 aromatic carbocycles. The molecule has 2 aliphatic rings. The van der Waals surface area contributed by atoms with E-state index < -0.39 is 0 Å². The first-order valence-corrected chi connectivity index (χ1v) is 6.58. The first-order chi connectivity index (χ1) is 8.22. The molecule has 3 nitrogen and oxygen atoms in total. The van der Waals surface area contributed by atoms with Gasteiger partial charge in [-0.05, 0) is 55.5 Å². The van der Waals surface area contributed by atoms with Crippen LogP contribution in [0.25, 0.3) is 0 Å². The molecule has 2 aliphatic heterocycles. The van der Waals surface area contributed by atoms with Gasteiger partial charge in [0.15, 0.2) is 0 Å². The van der Waals surface area contributed by atoms with Crippen LogP contribution in [0.3, 0.4) is 0 Å². The fraction of sp³-hybridized carbons (Fsp3) is 0.571. The molecule has 0 amide bonds. The Morgan fingerprint density at radius 1 is 1.12 bits per heavy atom. The third kappa shape index (κ3) is 2.17. The summed E-state index contributed by atoms with van der Waals surface area (Å²) in [5, 5.41) is 3.41. The van der Waals surface area contributed by atoms with Gasteiger partial charge in [0.2, 0.25) is 0 Å². The number of fused-ring (bicyclic) bond motifs is 2. The van der Waals surface area contributed by atoms with E-state index in [2.05, 4.69) is 29.4 Å². The second-order valence-electron chi connectivity index (χ2n) is 5.37. The summed E-state index contributed by atoms with van der Waals surface area (Å²) in [6.45, 7) is 2.34. The van der Waals surface area contributed by atoms with Crippen molar-refractivity contribution in [3.8, 4) is 0 Å². The number of likely N-dealkylation sites (N-methyl/N-ethyl adjacent to an activating group) is 1. The average Bonchev–Trinajstić information content (AvgIpc) is 2.49. The molecule has 17 heavy (non-hydrogen) atoms.